The molecule has 6 nitrogen and oxygen atoms in total. The van der Waals surface area contributed by atoms with Gasteiger partial charge in [-0.3, -0.25) is 4.79 Å². The molecule has 2 aromatic rings. The van der Waals surface area contributed by atoms with E-state index in [1.807, 2.05) is 26.1 Å². The number of benzene rings is 1. The molecular weight excluding hydrogens is 378 g/mol. The Balaban J connectivity index is 1.63. The van der Waals surface area contributed by atoms with Crippen molar-refractivity contribution in [2.45, 2.75) is 45.7 Å². The number of hydrogen-bond donors (Lipinski definition) is 1. The summed E-state index contributed by atoms with van der Waals surface area (Å²) in [5.74, 6) is 2.04. The number of halogens is 1. The van der Waals surface area contributed by atoms with Crippen LogP contribution in [0.25, 0.3) is 6.08 Å². The molecule has 0 spiro atoms. The van der Waals surface area contributed by atoms with E-state index in [1.54, 1.807) is 19.3 Å². The topological polar surface area (TPSA) is 65.4 Å². The van der Waals surface area contributed by atoms with E-state index < -0.39 is 0 Å². The van der Waals surface area contributed by atoms with Crippen LogP contribution in [-0.2, 0) is 17.8 Å². The largest absolute Gasteiger partial charge is 0.493 e. The van der Waals surface area contributed by atoms with Crippen molar-refractivity contribution < 1.29 is 14.3 Å². The van der Waals surface area contributed by atoms with Crippen molar-refractivity contribution in [3.63, 3.8) is 0 Å². The Morgan fingerprint density at radius 2 is 2.29 bits per heavy atom. The highest BCUT2D eigenvalue weighted by molar-refractivity contribution is 6.32. The Morgan fingerprint density at radius 1 is 1.46 bits per heavy atom. The number of fused-ring (bicyclic) bond motifs is 1. The summed E-state index contributed by atoms with van der Waals surface area (Å²) in [7, 11) is 1.57. The van der Waals surface area contributed by atoms with Gasteiger partial charge in [0.1, 0.15) is 5.82 Å². The van der Waals surface area contributed by atoms with Crippen LogP contribution >= 0.6 is 11.6 Å². The molecule has 150 valence electrons. The summed E-state index contributed by atoms with van der Waals surface area (Å²) >= 11 is 6.32. The number of carbonyl (C=O) groups is 1. The summed E-state index contributed by atoms with van der Waals surface area (Å²) in [5.41, 5.74) is 1.79. The molecule has 1 amide bonds. The van der Waals surface area contributed by atoms with E-state index in [2.05, 4.69) is 14.9 Å². The van der Waals surface area contributed by atoms with Gasteiger partial charge < -0.3 is 19.4 Å². The highest BCUT2D eigenvalue weighted by Crippen LogP contribution is 2.36. The van der Waals surface area contributed by atoms with Crippen LogP contribution in [0.2, 0.25) is 5.02 Å². The number of aromatic nitrogens is 2. The van der Waals surface area contributed by atoms with Crippen LogP contribution in [0.3, 0.4) is 0 Å². The van der Waals surface area contributed by atoms with Crippen molar-refractivity contribution in [1.82, 2.24) is 14.9 Å². The van der Waals surface area contributed by atoms with Crippen molar-refractivity contribution in [1.29, 1.82) is 0 Å². The van der Waals surface area contributed by atoms with Gasteiger partial charge in [-0.15, -0.1) is 0 Å². The van der Waals surface area contributed by atoms with E-state index in [0.717, 1.165) is 42.9 Å². The molecule has 0 saturated carbocycles. The van der Waals surface area contributed by atoms with Gasteiger partial charge in [0.05, 0.1) is 24.4 Å². The molecule has 1 aliphatic rings. The number of rotatable bonds is 7. The minimum atomic E-state index is -0.133. The van der Waals surface area contributed by atoms with Crippen LogP contribution in [0, 0.1) is 6.92 Å². The second-order valence-electron chi connectivity index (χ2n) is 6.91. The third kappa shape index (κ3) is 4.87. The molecule has 7 heteroatoms. The molecular formula is C21H26ClN3O3. The van der Waals surface area contributed by atoms with E-state index in [0.29, 0.717) is 23.1 Å². The summed E-state index contributed by atoms with van der Waals surface area (Å²) in [4.78, 5) is 16.8. The molecule has 0 saturated heterocycles. The van der Waals surface area contributed by atoms with E-state index in [1.165, 1.54) is 6.08 Å². The molecule has 1 N–H and O–H groups in total. The van der Waals surface area contributed by atoms with Gasteiger partial charge in [0.15, 0.2) is 11.5 Å². The molecule has 2 heterocycles. The monoisotopic (exact) mass is 403 g/mol. The average molecular weight is 404 g/mol. The van der Waals surface area contributed by atoms with E-state index >= 15 is 0 Å². The molecule has 0 fully saturated rings. The summed E-state index contributed by atoms with van der Waals surface area (Å²) in [6.07, 6.45) is 7.91. The summed E-state index contributed by atoms with van der Waals surface area (Å²) in [6.45, 7) is 5.32. The number of methoxy groups -OCH3 is 1. The fraction of sp³-hybridized carbons (Fsp3) is 0.429. The van der Waals surface area contributed by atoms with Crippen molar-refractivity contribution in [2.75, 3.05) is 13.7 Å². The third-order valence-corrected chi connectivity index (χ3v) is 4.87. The van der Waals surface area contributed by atoms with Crippen molar-refractivity contribution in [3.8, 4) is 11.5 Å². The maximum atomic E-state index is 12.3. The first-order valence-electron chi connectivity index (χ1n) is 9.51. The fourth-order valence-electron chi connectivity index (χ4n) is 3.31. The quantitative estimate of drug-likeness (QED) is 0.714. The van der Waals surface area contributed by atoms with Crippen LogP contribution in [0.5, 0.6) is 11.5 Å². The molecule has 1 aliphatic heterocycles. The molecule has 0 aliphatic carbocycles. The molecule has 1 aromatic heterocycles. The van der Waals surface area contributed by atoms with Crippen LogP contribution in [0.4, 0.5) is 0 Å². The maximum Gasteiger partial charge on any atom is 0.244 e. The standard InChI is InChI=1S/C21H26ClN3O3/c1-4-9-28-21-17(22)10-15(11-18(21)27-3)5-8-20(26)24-16-6-7-19-23-14(2)12-25(19)13-16/h5,8,10-12,16H,4,6-7,9,13H2,1-3H3,(H,24,26). The number of amides is 1. The second kappa shape index (κ2) is 9.15. The van der Waals surface area contributed by atoms with Gasteiger partial charge in [0, 0.05) is 31.3 Å². The van der Waals surface area contributed by atoms with Gasteiger partial charge >= 0.3 is 0 Å². The summed E-state index contributed by atoms with van der Waals surface area (Å²) < 4.78 is 13.1. The Bertz CT molecular complexity index is 876. The number of ether oxygens (including phenoxy) is 2. The first-order chi connectivity index (χ1) is 13.5. The minimum absolute atomic E-state index is 0.0983. The lowest BCUT2D eigenvalue weighted by Gasteiger charge is -2.24. The maximum absolute atomic E-state index is 12.3. The number of carbonyl (C=O) groups excluding carboxylic acids is 1. The SMILES string of the molecule is CCCOc1c(Cl)cc(C=CC(=O)NC2CCc3nc(C)cn3C2)cc1OC. The molecule has 28 heavy (non-hydrogen) atoms. The predicted molar refractivity (Wildman–Crippen MR) is 110 cm³/mol. The van der Waals surface area contributed by atoms with Gasteiger partial charge in [0.25, 0.3) is 0 Å². The lowest BCUT2D eigenvalue weighted by atomic mass is 10.1. The van der Waals surface area contributed by atoms with Crippen LogP contribution < -0.4 is 14.8 Å². The van der Waals surface area contributed by atoms with E-state index in [4.69, 9.17) is 21.1 Å². The Hall–Kier alpha value is -2.47. The van der Waals surface area contributed by atoms with Crippen molar-refractivity contribution >= 4 is 23.6 Å². The number of imidazole rings is 1. The molecule has 3 rings (SSSR count). The lowest BCUT2D eigenvalue weighted by Crippen LogP contribution is -2.40. The van der Waals surface area contributed by atoms with Gasteiger partial charge in [-0.05, 0) is 43.5 Å². The van der Waals surface area contributed by atoms with Gasteiger partial charge in [-0.25, -0.2) is 4.98 Å². The van der Waals surface area contributed by atoms with Crippen LogP contribution in [0.15, 0.2) is 24.4 Å². The Kier molecular flexibility index (Phi) is 6.62. The van der Waals surface area contributed by atoms with Crippen LogP contribution in [-0.4, -0.2) is 35.2 Å². The number of nitrogens with zero attached hydrogens (tertiary/aromatic N) is 2. The molecule has 1 aromatic carbocycles. The van der Waals surface area contributed by atoms with E-state index in [9.17, 15) is 4.79 Å². The Morgan fingerprint density at radius 3 is 3.04 bits per heavy atom. The zero-order valence-electron chi connectivity index (χ0n) is 16.5. The number of hydrogen-bond acceptors (Lipinski definition) is 4. The summed E-state index contributed by atoms with van der Waals surface area (Å²) in [5, 5.41) is 3.52. The zero-order chi connectivity index (χ0) is 20.1. The van der Waals surface area contributed by atoms with Crippen molar-refractivity contribution in [3.05, 3.63) is 46.5 Å². The molecule has 1 atom stereocenters. The lowest BCUT2D eigenvalue weighted by molar-refractivity contribution is -0.117. The minimum Gasteiger partial charge on any atom is -0.493 e. The predicted octanol–water partition coefficient (Wildman–Crippen LogP) is 3.79. The first kappa shape index (κ1) is 20.3. The average Bonchev–Trinajstić information content (AvgIpc) is 3.04. The Labute approximate surface area is 170 Å². The van der Waals surface area contributed by atoms with E-state index in [-0.39, 0.29) is 11.9 Å². The molecule has 0 bridgehead atoms. The first-order valence-corrected chi connectivity index (χ1v) is 9.89. The highest BCUT2D eigenvalue weighted by Gasteiger charge is 2.20. The van der Waals surface area contributed by atoms with Gasteiger partial charge in [-0.1, -0.05) is 18.5 Å². The van der Waals surface area contributed by atoms with Gasteiger partial charge in [0.2, 0.25) is 5.91 Å². The molecule has 0 radical (unpaired) electrons. The number of nitrogens with one attached hydrogen (secondary N) is 1. The smallest absolute Gasteiger partial charge is 0.244 e. The zero-order valence-corrected chi connectivity index (χ0v) is 17.3. The molecule has 1 unspecified atom stereocenters. The highest BCUT2D eigenvalue weighted by atomic mass is 35.5. The summed E-state index contributed by atoms with van der Waals surface area (Å²) in [6, 6.07) is 3.67. The third-order valence-electron chi connectivity index (χ3n) is 4.59. The second-order valence-corrected chi connectivity index (χ2v) is 7.32. The fourth-order valence-corrected chi connectivity index (χ4v) is 3.58. The normalized spacial score (nSPS) is 16.1. The van der Waals surface area contributed by atoms with Crippen molar-refractivity contribution in [2.24, 2.45) is 0 Å². The number of aryl methyl sites for hydroxylation is 2. The van der Waals surface area contributed by atoms with Crippen LogP contribution in [0.1, 0.15) is 36.8 Å². The van der Waals surface area contributed by atoms with Gasteiger partial charge in [-0.2, -0.15) is 0 Å².